The summed E-state index contributed by atoms with van der Waals surface area (Å²) in [4.78, 5) is 16.7. The number of carbonyl (C=O) groups is 1. The first-order valence-electron chi connectivity index (χ1n) is 8.60. The predicted octanol–water partition coefficient (Wildman–Crippen LogP) is 3.40. The molecular formula is C19H22Cl2N4O. The third kappa shape index (κ3) is 3.75. The van der Waals surface area contributed by atoms with E-state index < -0.39 is 0 Å². The number of nitrogens with one attached hydrogen (secondary N) is 2. The van der Waals surface area contributed by atoms with E-state index in [4.69, 9.17) is 11.6 Å². The molecule has 2 amide bonds. The molecule has 0 aliphatic carbocycles. The van der Waals surface area contributed by atoms with Crippen LogP contribution in [0.3, 0.4) is 0 Å². The van der Waals surface area contributed by atoms with Crippen LogP contribution in [0.15, 0.2) is 42.5 Å². The van der Waals surface area contributed by atoms with Crippen LogP contribution in [0.4, 0.5) is 16.2 Å². The smallest absolute Gasteiger partial charge is 0.322 e. The van der Waals surface area contributed by atoms with Crippen molar-refractivity contribution < 1.29 is 4.79 Å². The van der Waals surface area contributed by atoms with Crippen LogP contribution in [0.2, 0.25) is 5.02 Å². The molecule has 4 rings (SSSR count). The summed E-state index contributed by atoms with van der Waals surface area (Å²) in [6.07, 6.45) is 0. The van der Waals surface area contributed by atoms with Crippen molar-refractivity contribution in [2.24, 2.45) is 0 Å². The second kappa shape index (κ2) is 8.16. The van der Waals surface area contributed by atoms with Crippen molar-refractivity contribution in [1.82, 2.24) is 10.6 Å². The van der Waals surface area contributed by atoms with Gasteiger partial charge in [-0.2, -0.15) is 0 Å². The van der Waals surface area contributed by atoms with E-state index >= 15 is 0 Å². The molecule has 2 aromatic rings. The zero-order chi connectivity index (χ0) is 17.2. The Morgan fingerprint density at radius 2 is 1.69 bits per heavy atom. The lowest BCUT2D eigenvalue weighted by Gasteiger charge is -2.36. The lowest BCUT2D eigenvalue weighted by molar-refractivity contribution is 0.244. The Morgan fingerprint density at radius 1 is 1.00 bits per heavy atom. The van der Waals surface area contributed by atoms with E-state index in [0.717, 1.165) is 37.4 Å². The molecule has 1 saturated heterocycles. The van der Waals surface area contributed by atoms with Crippen molar-refractivity contribution in [1.29, 1.82) is 0 Å². The fourth-order valence-corrected chi connectivity index (χ4v) is 3.62. The molecule has 0 atom stereocenters. The molecule has 2 aliphatic heterocycles. The van der Waals surface area contributed by atoms with E-state index in [1.54, 1.807) is 0 Å². The van der Waals surface area contributed by atoms with Gasteiger partial charge in [0, 0.05) is 49.0 Å². The first kappa shape index (κ1) is 18.8. The maximum absolute atomic E-state index is 12.5. The summed E-state index contributed by atoms with van der Waals surface area (Å²) >= 11 is 5.97. The van der Waals surface area contributed by atoms with E-state index in [0.29, 0.717) is 18.1 Å². The summed E-state index contributed by atoms with van der Waals surface area (Å²) < 4.78 is 0. The molecule has 0 saturated carbocycles. The van der Waals surface area contributed by atoms with Crippen LogP contribution in [-0.4, -0.2) is 32.2 Å². The van der Waals surface area contributed by atoms with Gasteiger partial charge in [-0.25, -0.2) is 4.79 Å². The zero-order valence-corrected chi connectivity index (χ0v) is 15.9. The van der Waals surface area contributed by atoms with Gasteiger partial charge < -0.3 is 15.5 Å². The van der Waals surface area contributed by atoms with Crippen LogP contribution in [-0.2, 0) is 13.1 Å². The molecule has 0 aromatic heterocycles. The number of anilines is 2. The molecule has 0 unspecified atom stereocenters. The minimum Gasteiger partial charge on any atom is -0.369 e. The van der Waals surface area contributed by atoms with Gasteiger partial charge in [0.15, 0.2) is 0 Å². The second-order valence-corrected chi connectivity index (χ2v) is 6.82. The van der Waals surface area contributed by atoms with Crippen LogP contribution < -0.4 is 20.4 Å². The van der Waals surface area contributed by atoms with Crippen LogP contribution in [0.1, 0.15) is 11.1 Å². The number of urea groups is 1. The number of halogens is 2. The van der Waals surface area contributed by atoms with Crippen LogP contribution in [0.25, 0.3) is 0 Å². The average Bonchev–Trinajstić information content (AvgIpc) is 2.66. The first-order valence-corrected chi connectivity index (χ1v) is 8.97. The first-order chi connectivity index (χ1) is 12.2. The molecule has 7 heteroatoms. The fourth-order valence-electron chi connectivity index (χ4n) is 3.50. The minimum absolute atomic E-state index is 0. The lowest BCUT2D eigenvalue weighted by atomic mass is 10.0. The quantitative estimate of drug-likeness (QED) is 0.841. The topological polar surface area (TPSA) is 47.6 Å². The Kier molecular flexibility index (Phi) is 5.91. The lowest BCUT2D eigenvalue weighted by Crippen LogP contribution is -2.46. The van der Waals surface area contributed by atoms with Gasteiger partial charge in [0.05, 0.1) is 12.2 Å². The molecule has 26 heavy (non-hydrogen) atoms. The van der Waals surface area contributed by atoms with Gasteiger partial charge in [-0.15, -0.1) is 12.4 Å². The number of piperazine rings is 1. The number of fused-ring (bicyclic) bond motifs is 1. The Balaban J connectivity index is 0.00000196. The van der Waals surface area contributed by atoms with Gasteiger partial charge in [-0.3, -0.25) is 4.90 Å². The van der Waals surface area contributed by atoms with Gasteiger partial charge in [-0.05, 0) is 29.8 Å². The van der Waals surface area contributed by atoms with Crippen LogP contribution in [0.5, 0.6) is 0 Å². The molecule has 2 N–H and O–H groups in total. The van der Waals surface area contributed by atoms with E-state index in [-0.39, 0.29) is 18.4 Å². The molecule has 2 heterocycles. The highest BCUT2D eigenvalue weighted by Crippen LogP contribution is 2.34. The maximum atomic E-state index is 12.5. The third-order valence-electron chi connectivity index (χ3n) is 4.79. The Morgan fingerprint density at radius 3 is 2.42 bits per heavy atom. The standard InChI is InChI=1S/C19H21ClN4O.ClH/c20-15-6-4-14(5-7-15)13-24-18-3-1-2-17(16(18)12-22-19(24)25)23-10-8-21-9-11-23;/h1-7,21H,8-13H2,(H,22,25);1H. The van der Waals surface area contributed by atoms with E-state index in [1.807, 2.05) is 41.3 Å². The summed E-state index contributed by atoms with van der Waals surface area (Å²) in [5.74, 6) is 0. The number of amides is 2. The summed E-state index contributed by atoms with van der Waals surface area (Å²) in [5, 5.41) is 7.11. The molecule has 2 aromatic carbocycles. The molecule has 1 fully saturated rings. The fraction of sp³-hybridized carbons (Fsp3) is 0.316. The summed E-state index contributed by atoms with van der Waals surface area (Å²) in [6, 6.07) is 13.8. The largest absolute Gasteiger partial charge is 0.369 e. The summed E-state index contributed by atoms with van der Waals surface area (Å²) in [5.41, 5.74) is 4.47. The van der Waals surface area contributed by atoms with Gasteiger partial charge in [0.2, 0.25) is 0 Å². The molecule has 5 nitrogen and oxygen atoms in total. The molecule has 0 bridgehead atoms. The molecule has 138 valence electrons. The number of nitrogens with zero attached hydrogens (tertiary/aromatic N) is 2. The van der Waals surface area contributed by atoms with Crippen molar-refractivity contribution in [2.45, 2.75) is 13.1 Å². The molecule has 0 radical (unpaired) electrons. The van der Waals surface area contributed by atoms with Gasteiger partial charge in [-0.1, -0.05) is 29.8 Å². The highest BCUT2D eigenvalue weighted by atomic mass is 35.5. The maximum Gasteiger partial charge on any atom is 0.322 e. The Labute approximate surface area is 164 Å². The summed E-state index contributed by atoms with van der Waals surface area (Å²) in [6.45, 7) is 5.06. The number of benzene rings is 2. The second-order valence-electron chi connectivity index (χ2n) is 6.38. The highest BCUT2D eigenvalue weighted by molar-refractivity contribution is 6.30. The SMILES string of the molecule is Cl.O=C1NCc2c(N3CCNCC3)cccc2N1Cc1ccc(Cl)cc1. The van der Waals surface area contributed by atoms with Crippen molar-refractivity contribution in [2.75, 3.05) is 36.0 Å². The van der Waals surface area contributed by atoms with Gasteiger partial charge >= 0.3 is 6.03 Å². The summed E-state index contributed by atoms with van der Waals surface area (Å²) in [7, 11) is 0. The molecule has 0 spiro atoms. The van der Waals surface area contributed by atoms with Crippen molar-refractivity contribution in [3.63, 3.8) is 0 Å². The van der Waals surface area contributed by atoms with E-state index in [9.17, 15) is 4.79 Å². The average molecular weight is 393 g/mol. The van der Waals surface area contributed by atoms with Gasteiger partial charge in [0.1, 0.15) is 0 Å². The number of hydrogen-bond acceptors (Lipinski definition) is 3. The minimum atomic E-state index is -0.0556. The number of carbonyl (C=O) groups excluding carboxylic acids is 1. The van der Waals surface area contributed by atoms with Crippen molar-refractivity contribution >= 4 is 41.4 Å². The van der Waals surface area contributed by atoms with Crippen molar-refractivity contribution in [3.8, 4) is 0 Å². The predicted molar refractivity (Wildman–Crippen MR) is 109 cm³/mol. The van der Waals surface area contributed by atoms with E-state index in [2.05, 4.69) is 21.6 Å². The normalized spacial score (nSPS) is 16.6. The Hall–Kier alpha value is -1.95. The Bertz CT molecular complexity index is 776. The highest BCUT2D eigenvalue weighted by Gasteiger charge is 2.27. The van der Waals surface area contributed by atoms with E-state index in [1.165, 1.54) is 11.3 Å². The molecular weight excluding hydrogens is 371 g/mol. The number of hydrogen-bond donors (Lipinski definition) is 2. The zero-order valence-electron chi connectivity index (χ0n) is 14.4. The third-order valence-corrected chi connectivity index (χ3v) is 5.04. The molecule has 2 aliphatic rings. The van der Waals surface area contributed by atoms with Crippen molar-refractivity contribution in [3.05, 3.63) is 58.6 Å². The monoisotopic (exact) mass is 392 g/mol. The van der Waals surface area contributed by atoms with Crippen LogP contribution in [0, 0.1) is 0 Å². The van der Waals surface area contributed by atoms with Crippen LogP contribution >= 0.6 is 24.0 Å². The number of rotatable bonds is 3. The van der Waals surface area contributed by atoms with Gasteiger partial charge in [0.25, 0.3) is 0 Å².